The topological polar surface area (TPSA) is 136 Å². The number of nitrogens with zero attached hydrogens (tertiary/aromatic N) is 5. The molecule has 0 bridgehead atoms. The first kappa shape index (κ1) is 34.1. The van der Waals surface area contributed by atoms with Gasteiger partial charge in [0.25, 0.3) is 12.0 Å². The number of aryl methyl sites for hydroxylation is 2. The molecule has 11 nitrogen and oxygen atoms in total. The summed E-state index contributed by atoms with van der Waals surface area (Å²) < 4.78 is 9.65. The van der Waals surface area contributed by atoms with Crippen LogP contribution in [0.4, 0.5) is 0 Å². The summed E-state index contributed by atoms with van der Waals surface area (Å²) in [6.45, 7) is 6.03. The predicted molar refractivity (Wildman–Crippen MR) is 166 cm³/mol. The van der Waals surface area contributed by atoms with Crippen LogP contribution in [0.5, 0.6) is 0 Å². The number of aliphatic hydroxyl groups excluding tert-OH is 2. The van der Waals surface area contributed by atoms with Gasteiger partial charge in [0.1, 0.15) is 5.82 Å². The number of aliphatic imine (C=N–C) groups is 1. The van der Waals surface area contributed by atoms with E-state index in [1.165, 1.54) is 0 Å². The second-order valence-corrected chi connectivity index (χ2v) is 11.8. The van der Waals surface area contributed by atoms with Crippen molar-refractivity contribution in [2.24, 2.45) is 4.99 Å². The van der Waals surface area contributed by atoms with E-state index in [0.29, 0.717) is 30.5 Å². The summed E-state index contributed by atoms with van der Waals surface area (Å²) in [5, 5.41) is 24.1. The van der Waals surface area contributed by atoms with Gasteiger partial charge in [0, 0.05) is 23.6 Å². The fraction of sp³-hybridized carbons (Fsp3) is 0.455. The van der Waals surface area contributed by atoms with Crippen LogP contribution >= 0.6 is 0 Å². The van der Waals surface area contributed by atoms with E-state index in [1.807, 2.05) is 52.4 Å². The Bertz CT molecular complexity index is 1710. The van der Waals surface area contributed by atoms with Gasteiger partial charge in [-0.2, -0.15) is 10.1 Å². The zero-order valence-electron chi connectivity index (χ0n) is 26.4. The summed E-state index contributed by atoms with van der Waals surface area (Å²) >= 11 is 0. The Balaban J connectivity index is 0.00000400. The Hall–Kier alpha value is -2.26. The molecule has 232 valence electrons. The number of amidine groups is 1. The van der Waals surface area contributed by atoms with Crippen LogP contribution in [0, 0.1) is 6.92 Å². The molecule has 1 fully saturated rings. The van der Waals surface area contributed by atoms with Gasteiger partial charge in [-0.05, 0) is 62.6 Å². The van der Waals surface area contributed by atoms with Crippen molar-refractivity contribution in [3.05, 3.63) is 87.1 Å². The smallest absolute Gasteiger partial charge is 0.391 e. The molecule has 3 N–H and O–H groups in total. The van der Waals surface area contributed by atoms with E-state index in [0.717, 1.165) is 72.0 Å². The van der Waals surface area contributed by atoms with E-state index in [-0.39, 0.29) is 69.1 Å². The molecule has 0 spiro atoms. The number of hydroxylamine groups is 1. The second kappa shape index (κ2) is 15.1. The average molecular weight is 640 g/mol. The standard InChI is InChI=1S/C33H40N6O5.K/c1-4-7-29-28(18-22-10-12-23(13-11-22)26-8-5-6-9-27(26)30-35-33(42)44-37-30)31(41)38(32-34-21(3)36-39(29)32)24-14-16-25(17-15-24)43-19-20(2)40;/h5-6,8-13,20,24-25,33,40,42H,4,7,14-19H2,1-3H3,(H,35,37);/q;+1. The number of ether oxygens (including phenoxy) is 1. The van der Waals surface area contributed by atoms with Crippen molar-refractivity contribution in [2.45, 2.75) is 90.4 Å². The third-order valence-corrected chi connectivity index (χ3v) is 8.39. The third-order valence-electron chi connectivity index (χ3n) is 8.39. The van der Waals surface area contributed by atoms with Gasteiger partial charge in [-0.3, -0.25) is 9.36 Å². The minimum Gasteiger partial charge on any atom is -0.391 e. The van der Waals surface area contributed by atoms with Crippen molar-refractivity contribution in [1.82, 2.24) is 24.6 Å². The van der Waals surface area contributed by atoms with Crippen LogP contribution in [-0.4, -0.2) is 60.4 Å². The van der Waals surface area contributed by atoms with Crippen LogP contribution in [0.3, 0.4) is 0 Å². The molecule has 2 atom stereocenters. The Morgan fingerprint density at radius 2 is 1.80 bits per heavy atom. The Labute approximate surface area is 305 Å². The zero-order chi connectivity index (χ0) is 30.8. The molecular weight excluding hydrogens is 599 g/mol. The molecule has 0 radical (unpaired) electrons. The largest absolute Gasteiger partial charge is 1.00 e. The van der Waals surface area contributed by atoms with Gasteiger partial charge in [0.15, 0.2) is 5.84 Å². The molecule has 2 unspecified atom stereocenters. The summed E-state index contributed by atoms with van der Waals surface area (Å²) in [4.78, 5) is 28.2. The summed E-state index contributed by atoms with van der Waals surface area (Å²) in [5.41, 5.74) is 8.14. The molecule has 2 aromatic heterocycles. The number of nitrogens with one attached hydrogen (secondary N) is 1. The van der Waals surface area contributed by atoms with Crippen molar-refractivity contribution in [2.75, 3.05) is 6.61 Å². The first-order chi connectivity index (χ1) is 21.3. The molecule has 0 amide bonds. The van der Waals surface area contributed by atoms with E-state index in [1.54, 1.807) is 6.92 Å². The zero-order valence-corrected chi connectivity index (χ0v) is 29.6. The number of benzene rings is 2. The monoisotopic (exact) mass is 639 g/mol. The minimum absolute atomic E-state index is 0. The van der Waals surface area contributed by atoms with Crippen molar-refractivity contribution in [3.8, 4) is 11.1 Å². The van der Waals surface area contributed by atoms with E-state index >= 15 is 0 Å². The number of aliphatic hydroxyl groups is 2. The average Bonchev–Trinajstić information content (AvgIpc) is 3.63. The first-order valence-corrected chi connectivity index (χ1v) is 15.5. The summed E-state index contributed by atoms with van der Waals surface area (Å²) in [5.74, 6) is 1.73. The maximum absolute atomic E-state index is 14.4. The molecule has 6 rings (SSSR count). The number of hydrogen-bond donors (Lipinski definition) is 3. The van der Waals surface area contributed by atoms with Crippen molar-refractivity contribution >= 4 is 11.6 Å². The summed E-state index contributed by atoms with van der Waals surface area (Å²) in [7, 11) is 0. The van der Waals surface area contributed by atoms with Crippen molar-refractivity contribution in [3.63, 3.8) is 0 Å². The molecule has 2 aromatic carbocycles. The molecule has 1 aliphatic carbocycles. The van der Waals surface area contributed by atoms with Gasteiger partial charge < -0.3 is 14.9 Å². The van der Waals surface area contributed by atoms with Gasteiger partial charge in [-0.15, -0.1) is 0 Å². The van der Waals surface area contributed by atoms with Gasteiger partial charge in [-0.1, -0.05) is 61.9 Å². The molecule has 0 saturated heterocycles. The molecule has 1 saturated carbocycles. The molecule has 3 heterocycles. The Kier molecular flexibility index (Phi) is 11.4. The molecule has 4 aromatic rings. The predicted octanol–water partition coefficient (Wildman–Crippen LogP) is 0.852. The fourth-order valence-corrected chi connectivity index (χ4v) is 6.32. The third kappa shape index (κ3) is 7.50. The van der Waals surface area contributed by atoms with E-state index in [2.05, 4.69) is 29.5 Å². The van der Waals surface area contributed by atoms with Crippen molar-refractivity contribution in [1.29, 1.82) is 0 Å². The van der Waals surface area contributed by atoms with E-state index < -0.39 is 12.5 Å². The van der Waals surface area contributed by atoms with Crippen LogP contribution in [0.2, 0.25) is 0 Å². The molecular formula is C33H40KN6O5+. The van der Waals surface area contributed by atoms with Crippen LogP contribution in [0.25, 0.3) is 16.9 Å². The minimum atomic E-state index is -1.23. The molecule has 12 heteroatoms. The van der Waals surface area contributed by atoms with Gasteiger partial charge in [0.05, 0.1) is 24.5 Å². The van der Waals surface area contributed by atoms with E-state index in [9.17, 15) is 15.0 Å². The SMILES string of the molecule is CCCc1c(Cc2ccc(-c3ccccc3C3=NC(O)ON3)cc2)c(=O)n(C2CCC(OCC(C)O)CC2)c2nc(C)nn12.[K+]. The maximum Gasteiger partial charge on any atom is 1.00 e. The van der Waals surface area contributed by atoms with Crippen LogP contribution in [-0.2, 0) is 22.4 Å². The summed E-state index contributed by atoms with van der Waals surface area (Å²) in [6.07, 6.45) is 3.69. The fourth-order valence-electron chi connectivity index (χ4n) is 6.32. The number of fused-ring (bicyclic) bond motifs is 1. The first-order valence-electron chi connectivity index (χ1n) is 15.5. The number of rotatable bonds is 10. The quantitative estimate of drug-likeness (QED) is 0.218. The van der Waals surface area contributed by atoms with Gasteiger partial charge >= 0.3 is 51.4 Å². The number of hydrogen-bond acceptors (Lipinski definition) is 9. The molecule has 45 heavy (non-hydrogen) atoms. The second-order valence-electron chi connectivity index (χ2n) is 11.8. The van der Waals surface area contributed by atoms with Gasteiger partial charge in [-0.25, -0.2) is 19.8 Å². The van der Waals surface area contributed by atoms with E-state index in [4.69, 9.17) is 19.7 Å². The van der Waals surface area contributed by atoms with Gasteiger partial charge in [0.2, 0.25) is 5.78 Å². The Morgan fingerprint density at radius 3 is 2.44 bits per heavy atom. The normalized spacial score (nSPS) is 20.5. The number of aromatic nitrogens is 4. The Morgan fingerprint density at radius 1 is 1.09 bits per heavy atom. The van der Waals surface area contributed by atoms with Crippen LogP contribution < -0.4 is 62.4 Å². The summed E-state index contributed by atoms with van der Waals surface area (Å²) in [6, 6.07) is 16.0. The van der Waals surface area contributed by atoms with Crippen LogP contribution in [0.1, 0.15) is 80.2 Å². The van der Waals surface area contributed by atoms with Crippen molar-refractivity contribution < 1.29 is 71.2 Å². The van der Waals surface area contributed by atoms with Crippen LogP contribution in [0.15, 0.2) is 58.3 Å². The molecule has 1 aliphatic heterocycles. The maximum atomic E-state index is 14.4. The molecule has 2 aliphatic rings.